The smallest absolute Gasteiger partial charge is 0.281 e. The van der Waals surface area contributed by atoms with Gasteiger partial charge in [0.05, 0.1) is 17.3 Å². The number of piperidine rings is 1. The summed E-state index contributed by atoms with van der Waals surface area (Å²) in [5, 5.41) is -0.565. The Balaban J connectivity index is 2.12. The molecule has 0 aromatic heterocycles. The second-order valence-electron chi connectivity index (χ2n) is 5.61. The van der Waals surface area contributed by atoms with Crippen LogP contribution in [-0.2, 0) is 20.0 Å². The van der Waals surface area contributed by atoms with Crippen molar-refractivity contribution in [3.05, 3.63) is 24.3 Å². The third kappa shape index (κ3) is 3.68. The summed E-state index contributed by atoms with van der Waals surface area (Å²) in [4.78, 5) is 0.243. The molecule has 1 aliphatic heterocycles. The van der Waals surface area contributed by atoms with Gasteiger partial charge in [0.15, 0.2) is 9.84 Å². The Bertz CT molecular complexity index is 734. The van der Waals surface area contributed by atoms with Crippen LogP contribution < -0.4 is 4.74 Å². The molecule has 0 unspecified atom stereocenters. The second-order valence-corrected chi connectivity index (χ2v) is 9.98. The van der Waals surface area contributed by atoms with Gasteiger partial charge in [0.2, 0.25) is 0 Å². The largest absolute Gasteiger partial charge is 0.497 e. The topological polar surface area (TPSA) is 84.0 Å². The number of benzene rings is 1. The van der Waals surface area contributed by atoms with E-state index in [2.05, 4.69) is 0 Å². The van der Waals surface area contributed by atoms with E-state index in [0.29, 0.717) is 18.6 Å². The van der Waals surface area contributed by atoms with E-state index in [1.807, 2.05) is 0 Å². The average Bonchev–Trinajstić information content (AvgIpc) is 2.54. The molecule has 0 saturated carbocycles. The average molecular weight is 362 g/mol. The van der Waals surface area contributed by atoms with Gasteiger partial charge in [0.25, 0.3) is 10.2 Å². The lowest BCUT2D eigenvalue weighted by molar-refractivity contribution is 0.324. The number of nitrogens with zero attached hydrogens (tertiary/aromatic N) is 2. The van der Waals surface area contributed by atoms with E-state index >= 15 is 0 Å². The fourth-order valence-corrected chi connectivity index (χ4v) is 5.43. The Hall–Kier alpha value is -1.16. The Morgan fingerprint density at radius 1 is 1.04 bits per heavy atom. The highest BCUT2D eigenvalue weighted by Gasteiger charge is 2.35. The number of hydrogen-bond acceptors (Lipinski definition) is 5. The van der Waals surface area contributed by atoms with Gasteiger partial charge in [-0.15, -0.1) is 0 Å². The van der Waals surface area contributed by atoms with Crippen LogP contribution in [0, 0.1) is 0 Å². The lowest BCUT2D eigenvalue weighted by Crippen LogP contribution is -2.46. The second kappa shape index (κ2) is 6.76. The van der Waals surface area contributed by atoms with Gasteiger partial charge in [-0.05, 0) is 37.1 Å². The molecule has 0 spiro atoms. The quantitative estimate of drug-likeness (QED) is 0.771. The summed E-state index contributed by atoms with van der Waals surface area (Å²) in [6.45, 7) is 0.418. The van der Waals surface area contributed by atoms with Crippen LogP contribution in [0.2, 0.25) is 0 Å². The van der Waals surface area contributed by atoms with Crippen LogP contribution in [0.25, 0.3) is 0 Å². The molecule has 1 heterocycles. The van der Waals surface area contributed by atoms with E-state index in [-0.39, 0.29) is 18.0 Å². The van der Waals surface area contributed by atoms with Crippen LogP contribution in [0.4, 0.5) is 0 Å². The normalized spacial score (nSPS) is 18.3. The molecule has 1 saturated heterocycles. The summed E-state index contributed by atoms with van der Waals surface area (Å²) in [5.74, 6) is 0.593. The number of hydrogen-bond donors (Lipinski definition) is 0. The summed E-state index contributed by atoms with van der Waals surface area (Å²) >= 11 is 0. The zero-order chi connectivity index (χ0) is 17.3. The van der Waals surface area contributed by atoms with Crippen molar-refractivity contribution in [1.82, 2.24) is 8.61 Å². The molecular formula is C14H22N2O5S2. The van der Waals surface area contributed by atoms with Crippen molar-refractivity contribution in [2.24, 2.45) is 0 Å². The van der Waals surface area contributed by atoms with Crippen molar-refractivity contribution in [3.8, 4) is 5.75 Å². The molecule has 1 aromatic rings. The fourth-order valence-electron chi connectivity index (χ4n) is 2.56. The summed E-state index contributed by atoms with van der Waals surface area (Å²) < 4.78 is 57.0. The molecule has 0 radical (unpaired) electrons. The van der Waals surface area contributed by atoms with Gasteiger partial charge in [-0.25, -0.2) is 8.42 Å². The zero-order valence-corrected chi connectivity index (χ0v) is 15.1. The van der Waals surface area contributed by atoms with Crippen LogP contribution in [0.15, 0.2) is 29.2 Å². The van der Waals surface area contributed by atoms with Gasteiger partial charge in [0.1, 0.15) is 5.75 Å². The van der Waals surface area contributed by atoms with E-state index < -0.39 is 25.3 Å². The maximum Gasteiger partial charge on any atom is 0.281 e. The van der Waals surface area contributed by atoms with Crippen molar-refractivity contribution in [3.63, 3.8) is 0 Å². The predicted octanol–water partition coefficient (Wildman–Crippen LogP) is 0.740. The van der Waals surface area contributed by atoms with Crippen molar-refractivity contribution in [2.75, 3.05) is 34.3 Å². The molecule has 0 aliphatic carbocycles. The highest BCUT2D eigenvalue weighted by molar-refractivity contribution is 7.92. The molecule has 7 nitrogen and oxygen atoms in total. The van der Waals surface area contributed by atoms with Crippen LogP contribution in [0.3, 0.4) is 0 Å². The first-order chi connectivity index (χ1) is 10.7. The minimum atomic E-state index is -3.49. The lowest BCUT2D eigenvalue weighted by atomic mass is 10.2. The minimum absolute atomic E-state index is 0.209. The molecule has 0 bridgehead atoms. The van der Waals surface area contributed by atoms with Crippen LogP contribution in [0.1, 0.15) is 12.8 Å². The minimum Gasteiger partial charge on any atom is -0.497 e. The van der Waals surface area contributed by atoms with E-state index in [0.717, 1.165) is 4.31 Å². The number of ether oxygens (including phenoxy) is 1. The third-order valence-corrected chi connectivity index (χ3v) is 8.23. The lowest BCUT2D eigenvalue weighted by Gasteiger charge is -2.32. The van der Waals surface area contributed by atoms with Gasteiger partial charge in [0, 0.05) is 27.2 Å². The first-order valence-corrected chi connectivity index (χ1v) is 10.2. The maximum atomic E-state index is 12.7. The first kappa shape index (κ1) is 18.2. The van der Waals surface area contributed by atoms with Crippen molar-refractivity contribution >= 4 is 20.0 Å². The molecule has 23 heavy (non-hydrogen) atoms. The number of rotatable bonds is 5. The van der Waals surface area contributed by atoms with Gasteiger partial charge < -0.3 is 4.74 Å². The van der Waals surface area contributed by atoms with Crippen LogP contribution in [0.5, 0.6) is 5.75 Å². The SMILES string of the molecule is COc1ccc(S(=O)(=O)C2CCN(S(=O)(=O)N(C)C)CC2)cc1. The molecule has 1 fully saturated rings. The first-order valence-electron chi connectivity index (χ1n) is 7.25. The van der Waals surface area contributed by atoms with Crippen LogP contribution in [-0.4, -0.2) is 65.0 Å². The summed E-state index contributed by atoms with van der Waals surface area (Å²) in [6, 6.07) is 6.27. The molecule has 0 amide bonds. The summed E-state index contributed by atoms with van der Waals surface area (Å²) in [5.41, 5.74) is 0. The number of methoxy groups -OCH3 is 1. The van der Waals surface area contributed by atoms with E-state index in [9.17, 15) is 16.8 Å². The highest BCUT2D eigenvalue weighted by atomic mass is 32.2. The van der Waals surface area contributed by atoms with E-state index in [4.69, 9.17) is 4.74 Å². The van der Waals surface area contributed by atoms with Gasteiger partial charge >= 0.3 is 0 Å². The molecule has 1 aliphatic rings. The monoisotopic (exact) mass is 362 g/mol. The molecule has 130 valence electrons. The zero-order valence-electron chi connectivity index (χ0n) is 13.5. The van der Waals surface area contributed by atoms with Crippen molar-refractivity contribution in [1.29, 1.82) is 0 Å². The van der Waals surface area contributed by atoms with E-state index in [1.54, 1.807) is 12.1 Å². The van der Waals surface area contributed by atoms with Crippen LogP contribution >= 0.6 is 0 Å². The number of sulfone groups is 1. The van der Waals surface area contributed by atoms with Crippen molar-refractivity contribution < 1.29 is 21.6 Å². The molecule has 0 atom stereocenters. The Kier molecular flexibility index (Phi) is 5.34. The molecular weight excluding hydrogens is 340 g/mol. The van der Waals surface area contributed by atoms with Crippen molar-refractivity contribution in [2.45, 2.75) is 23.0 Å². The maximum absolute atomic E-state index is 12.7. The van der Waals surface area contributed by atoms with Gasteiger partial charge in [-0.2, -0.15) is 17.0 Å². The molecule has 2 rings (SSSR count). The Morgan fingerprint density at radius 3 is 2.00 bits per heavy atom. The fraction of sp³-hybridized carbons (Fsp3) is 0.571. The third-order valence-electron chi connectivity index (χ3n) is 4.02. The Morgan fingerprint density at radius 2 is 1.57 bits per heavy atom. The molecule has 9 heteroatoms. The molecule has 0 N–H and O–H groups in total. The highest BCUT2D eigenvalue weighted by Crippen LogP contribution is 2.27. The summed E-state index contributed by atoms with van der Waals surface area (Å²) in [6.07, 6.45) is 0.586. The van der Waals surface area contributed by atoms with Gasteiger partial charge in [-0.1, -0.05) is 0 Å². The summed E-state index contributed by atoms with van der Waals surface area (Å²) in [7, 11) is -2.50. The van der Waals surface area contributed by atoms with E-state index in [1.165, 1.54) is 37.6 Å². The Labute approximate surface area is 137 Å². The van der Waals surface area contributed by atoms with Gasteiger partial charge in [-0.3, -0.25) is 0 Å². The molecule has 1 aromatic carbocycles. The standard InChI is InChI=1S/C14H22N2O5S2/c1-15(2)23(19,20)16-10-8-14(9-11-16)22(17,18)13-6-4-12(21-3)5-7-13/h4-7,14H,8-11H2,1-3H3. The predicted molar refractivity (Wildman–Crippen MR) is 87.4 cm³/mol.